The molecule has 0 aromatic carbocycles. The third-order valence-electron chi connectivity index (χ3n) is 3.27. The van der Waals surface area contributed by atoms with Gasteiger partial charge in [0.25, 0.3) is 0 Å². The topological polar surface area (TPSA) is 37.0 Å². The predicted octanol–water partition coefficient (Wildman–Crippen LogP) is 2.54. The summed E-state index contributed by atoms with van der Waals surface area (Å²) in [7, 11) is 0. The molecule has 0 bridgehead atoms. The molecule has 1 aliphatic heterocycles. The lowest BCUT2D eigenvalue weighted by atomic mass is 9.88. The van der Waals surface area contributed by atoms with Crippen LogP contribution in [0.2, 0.25) is 0 Å². The van der Waals surface area contributed by atoms with Crippen LogP contribution >= 0.6 is 0 Å². The molecule has 0 aliphatic carbocycles. The zero-order chi connectivity index (χ0) is 12.3. The molecule has 1 fully saturated rings. The molecule has 1 aliphatic rings. The van der Waals surface area contributed by atoms with E-state index in [1.807, 2.05) is 6.20 Å². The molecule has 0 saturated carbocycles. The first-order chi connectivity index (χ1) is 8.05. The van der Waals surface area contributed by atoms with Gasteiger partial charge in [0.15, 0.2) is 0 Å². The average Bonchev–Trinajstić information content (AvgIpc) is 2.29. The van der Waals surface area contributed by atoms with E-state index >= 15 is 0 Å². The van der Waals surface area contributed by atoms with Crippen LogP contribution in [0.1, 0.15) is 39.2 Å². The Balaban J connectivity index is 2.05. The summed E-state index contributed by atoms with van der Waals surface area (Å²) in [6.45, 7) is 8.88. The molecule has 1 unspecified atom stereocenters. The molecule has 94 valence electrons. The Bertz CT molecular complexity index is 362. The van der Waals surface area contributed by atoms with Crippen molar-refractivity contribution in [1.29, 1.82) is 0 Å². The minimum absolute atomic E-state index is 0.185. The normalized spacial score (nSPS) is 21.2. The summed E-state index contributed by atoms with van der Waals surface area (Å²) < 4.78 is 0. The zero-order valence-electron chi connectivity index (χ0n) is 11.1. The van der Waals surface area contributed by atoms with Gasteiger partial charge in [-0.3, -0.25) is 0 Å². The van der Waals surface area contributed by atoms with Crippen molar-refractivity contribution in [3.05, 3.63) is 23.9 Å². The van der Waals surface area contributed by atoms with E-state index in [9.17, 15) is 0 Å². The molecule has 0 radical (unpaired) electrons. The molecule has 0 amide bonds. The second-order valence-corrected chi connectivity index (χ2v) is 5.87. The molecule has 3 nitrogen and oxygen atoms in total. The largest absolute Gasteiger partial charge is 0.366 e. The van der Waals surface area contributed by atoms with Crippen molar-refractivity contribution in [2.75, 3.05) is 18.4 Å². The number of nitrogens with zero attached hydrogens (tertiary/aromatic N) is 1. The van der Waals surface area contributed by atoms with Gasteiger partial charge in [-0.25, -0.2) is 4.98 Å². The summed E-state index contributed by atoms with van der Waals surface area (Å²) in [4.78, 5) is 4.41. The lowest BCUT2D eigenvalue weighted by Gasteiger charge is -2.25. The van der Waals surface area contributed by atoms with Crippen LogP contribution in [0, 0.1) is 0 Å². The highest BCUT2D eigenvalue weighted by Gasteiger charge is 2.16. The summed E-state index contributed by atoms with van der Waals surface area (Å²) in [5.74, 6) is 1.01. The Morgan fingerprint density at radius 3 is 2.88 bits per heavy atom. The quantitative estimate of drug-likeness (QED) is 0.824. The van der Waals surface area contributed by atoms with Gasteiger partial charge in [0, 0.05) is 18.8 Å². The number of hydrogen-bond acceptors (Lipinski definition) is 3. The van der Waals surface area contributed by atoms with Crippen LogP contribution in [-0.4, -0.2) is 24.1 Å². The second-order valence-electron chi connectivity index (χ2n) is 5.87. The fraction of sp³-hybridized carbons (Fsp3) is 0.643. The number of aromatic nitrogens is 1. The van der Waals surface area contributed by atoms with E-state index in [1.54, 1.807) is 0 Å². The predicted molar refractivity (Wildman–Crippen MR) is 72.5 cm³/mol. The van der Waals surface area contributed by atoms with Crippen molar-refractivity contribution >= 4 is 5.82 Å². The highest BCUT2D eigenvalue weighted by Crippen LogP contribution is 2.23. The van der Waals surface area contributed by atoms with Gasteiger partial charge in [-0.05, 0) is 42.5 Å². The Hall–Kier alpha value is -1.09. The van der Waals surface area contributed by atoms with E-state index in [0.29, 0.717) is 6.04 Å². The van der Waals surface area contributed by atoms with E-state index in [2.05, 4.69) is 48.5 Å². The molecule has 1 atom stereocenters. The van der Waals surface area contributed by atoms with Gasteiger partial charge in [-0.2, -0.15) is 0 Å². The van der Waals surface area contributed by atoms with E-state index in [1.165, 1.54) is 18.4 Å². The number of pyridine rings is 1. The van der Waals surface area contributed by atoms with Crippen LogP contribution in [0.5, 0.6) is 0 Å². The van der Waals surface area contributed by atoms with Gasteiger partial charge in [0.05, 0.1) is 0 Å². The van der Waals surface area contributed by atoms with Crippen LogP contribution in [0.15, 0.2) is 18.3 Å². The molecule has 2 N–H and O–H groups in total. The molecule has 2 rings (SSSR count). The molecular formula is C14H23N3. The van der Waals surface area contributed by atoms with E-state index < -0.39 is 0 Å². The van der Waals surface area contributed by atoms with Crippen LogP contribution < -0.4 is 10.6 Å². The van der Waals surface area contributed by atoms with Gasteiger partial charge >= 0.3 is 0 Å². The minimum atomic E-state index is 0.185. The number of hydrogen-bond donors (Lipinski definition) is 2. The summed E-state index contributed by atoms with van der Waals surface area (Å²) in [6, 6.07) is 4.80. The van der Waals surface area contributed by atoms with E-state index in [0.717, 1.165) is 18.9 Å². The smallest absolute Gasteiger partial charge is 0.126 e. The van der Waals surface area contributed by atoms with E-state index in [4.69, 9.17) is 0 Å². The van der Waals surface area contributed by atoms with Crippen molar-refractivity contribution in [2.45, 2.75) is 45.1 Å². The molecule has 3 heteroatoms. The highest BCUT2D eigenvalue weighted by atomic mass is 15.1. The standard InChI is InChI=1S/C14H23N3/c1-14(2,3)11-6-8-16-13(9-11)17-12-5-4-7-15-10-12/h6,8-9,12,15H,4-5,7,10H2,1-3H3,(H,16,17). The average molecular weight is 233 g/mol. The molecule has 2 heterocycles. The van der Waals surface area contributed by atoms with Crippen molar-refractivity contribution in [1.82, 2.24) is 10.3 Å². The minimum Gasteiger partial charge on any atom is -0.366 e. The number of anilines is 1. The molecule has 1 saturated heterocycles. The Labute approximate surface area is 104 Å². The Morgan fingerprint density at radius 2 is 2.24 bits per heavy atom. The van der Waals surface area contributed by atoms with Crippen molar-refractivity contribution in [2.24, 2.45) is 0 Å². The summed E-state index contributed by atoms with van der Waals surface area (Å²) in [5.41, 5.74) is 1.52. The number of nitrogens with one attached hydrogen (secondary N) is 2. The van der Waals surface area contributed by atoms with Crippen LogP contribution in [0.25, 0.3) is 0 Å². The molecule has 0 spiro atoms. The lowest BCUT2D eigenvalue weighted by Crippen LogP contribution is -2.38. The summed E-state index contributed by atoms with van der Waals surface area (Å²) in [6.07, 6.45) is 4.38. The molecule has 1 aromatic rings. The van der Waals surface area contributed by atoms with Gasteiger partial charge < -0.3 is 10.6 Å². The SMILES string of the molecule is CC(C)(C)c1ccnc(NC2CCCNC2)c1. The summed E-state index contributed by atoms with van der Waals surface area (Å²) >= 11 is 0. The van der Waals surface area contributed by atoms with E-state index in [-0.39, 0.29) is 5.41 Å². The highest BCUT2D eigenvalue weighted by molar-refractivity contribution is 5.40. The maximum absolute atomic E-state index is 4.41. The Kier molecular flexibility index (Phi) is 3.67. The first-order valence-corrected chi connectivity index (χ1v) is 6.49. The zero-order valence-corrected chi connectivity index (χ0v) is 11.1. The summed E-state index contributed by atoms with van der Waals surface area (Å²) in [5, 5.41) is 6.93. The van der Waals surface area contributed by atoms with Crippen molar-refractivity contribution in [3.63, 3.8) is 0 Å². The number of rotatable bonds is 2. The lowest BCUT2D eigenvalue weighted by molar-refractivity contribution is 0.479. The van der Waals surface area contributed by atoms with Gasteiger partial charge in [-0.1, -0.05) is 20.8 Å². The fourth-order valence-corrected chi connectivity index (χ4v) is 2.16. The maximum Gasteiger partial charge on any atom is 0.126 e. The molecule has 17 heavy (non-hydrogen) atoms. The third-order valence-corrected chi connectivity index (χ3v) is 3.27. The number of piperidine rings is 1. The van der Waals surface area contributed by atoms with Crippen LogP contribution in [0.3, 0.4) is 0 Å². The molecular weight excluding hydrogens is 210 g/mol. The second kappa shape index (κ2) is 5.05. The van der Waals surface area contributed by atoms with Gasteiger partial charge in [0.2, 0.25) is 0 Å². The Morgan fingerprint density at radius 1 is 1.41 bits per heavy atom. The first kappa shape index (κ1) is 12.4. The van der Waals surface area contributed by atoms with Crippen LogP contribution in [-0.2, 0) is 5.41 Å². The van der Waals surface area contributed by atoms with Gasteiger partial charge in [0.1, 0.15) is 5.82 Å². The van der Waals surface area contributed by atoms with Crippen molar-refractivity contribution < 1.29 is 0 Å². The maximum atomic E-state index is 4.41. The van der Waals surface area contributed by atoms with Crippen molar-refractivity contribution in [3.8, 4) is 0 Å². The third kappa shape index (κ3) is 3.43. The molecule has 1 aromatic heterocycles. The fourth-order valence-electron chi connectivity index (χ4n) is 2.16. The first-order valence-electron chi connectivity index (χ1n) is 6.49. The van der Waals surface area contributed by atoms with Crippen LogP contribution in [0.4, 0.5) is 5.82 Å². The van der Waals surface area contributed by atoms with Gasteiger partial charge in [-0.15, -0.1) is 0 Å². The monoisotopic (exact) mass is 233 g/mol.